The molecule has 0 aliphatic carbocycles. The van der Waals surface area contributed by atoms with Gasteiger partial charge < -0.3 is 9.32 Å². The Hall–Kier alpha value is -1.60. The lowest BCUT2D eigenvalue weighted by Gasteiger charge is -2.26. The minimum Gasteiger partial charge on any atom is -0.412 e. The zero-order valence-electron chi connectivity index (χ0n) is 12.1. The molecule has 0 N–H and O–H groups in total. The van der Waals surface area contributed by atoms with Crippen LogP contribution in [0.4, 0.5) is 0 Å². The first-order valence-corrected chi connectivity index (χ1v) is 9.13. The maximum atomic E-state index is 12.1. The molecule has 22 heavy (non-hydrogen) atoms. The highest BCUT2D eigenvalue weighted by Gasteiger charge is 2.17. The van der Waals surface area contributed by atoms with Crippen LogP contribution in [0.3, 0.4) is 0 Å². The minimum atomic E-state index is 0.151. The Kier molecular flexibility index (Phi) is 5.29. The Labute approximate surface area is 137 Å². The van der Waals surface area contributed by atoms with E-state index in [1.165, 1.54) is 18.2 Å². The first-order chi connectivity index (χ1) is 10.8. The first kappa shape index (κ1) is 15.3. The normalized spacial score (nSPS) is 15.5. The summed E-state index contributed by atoms with van der Waals surface area (Å²) >= 11 is 2.95. The van der Waals surface area contributed by atoms with Crippen molar-refractivity contribution in [3.63, 3.8) is 0 Å². The van der Waals surface area contributed by atoms with Gasteiger partial charge in [-0.05, 0) is 36.8 Å². The monoisotopic (exact) mass is 335 g/mol. The van der Waals surface area contributed by atoms with Crippen LogP contribution in [0.2, 0.25) is 0 Å². The highest BCUT2D eigenvalue weighted by atomic mass is 32.2. The predicted octanol–water partition coefficient (Wildman–Crippen LogP) is 3.41. The third-order valence-corrected chi connectivity index (χ3v) is 5.02. The molecule has 0 atom stereocenters. The summed E-state index contributed by atoms with van der Waals surface area (Å²) in [6.45, 7) is 1.75. The summed E-state index contributed by atoms with van der Waals surface area (Å²) in [4.78, 5) is 15.1. The van der Waals surface area contributed by atoms with E-state index in [9.17, 15) is 4.79 Å². The number of thioether (sulfide) groups is 1. The van der Waals surface area contributed by atoms with Crippen LogP contribution in [0.25, 0.3) is 12.2 Å². The highest BCUT2D eigenvalue weighted by molar-refractivity contribution is 7.99. The molecule has 2 aromatic heterocycles. The average molecular weight is 335 g/mol. The molecule has 1 aliphatic heterocycles. The summed E-state index contributed by atoms with van der Waals surface area (Å²) in [5.74, 6) is 0.968. The SMILES string of the molecule is O=C(CSc1nnc(/C=C/c2cccs2)o1)N1CCCCC1. The number of hydrogen-bond acceptors (Lipinski definition) is 6. The summed E-state index contributed by atoms with van der Waals surface area (Å²) in [5.41, 5.74) is 0. The van der Waals surface area contributed by atoms with Crippen LogP contribution in [0.15, 0.2) is 27.2 Å². The van der Waals surface area contributed by atoms with Gasteiger partial charge in [0.05, 0.1) is 5.75 Å². The van der Waals surface area contributed by atoms with Gasteiger partial charge >= 0.3 is 0 Å². The van der Waals surface area contributed by atoms with Crippen molar-refractivity contribution < 1.29 is 9.21 Å². The molecule has 0 saturated carbocycles. The predicted molar refractivity (Wildman–Crippen MR) is 88.7 cm³/mol. The maximum Gasteiger partial charge on any atom is 0.277 e. The smallest absolute Gasteiger partial charge is 0.277 e. The molecule has 0 bridgehead atoms. The van der Waals surface area contributed by atoms with E-state index in [1.807, 2.05) is 28.5 Å². The van der Waals surface area contributed by atoms with Gasteiger partial charge in [0.25, 0.3) is 5.22 Å². The Morgan fingerprint density at radius 2 is 2.18 bits per heavy atom. The number of rotatable bonds is 5. The van der Waals surface area contributed by atoms with Gasteiger partial charge in [-0.3, -0.25) is 4.79 Å². The van der Waals surface area contributed by atoms with E-state index in [1.54, 1.807) is 17.4 Å². The molecule has 0 aromatic carbocycles. The summed E-state index contributed by atoms with van der Waals surface area (Å²) in [6, 6.07) is 4.01. The van der Waals surface area contributed by atoms with Gasteiger partial charge in [-0.25, -0.2) is 0 Å². The van der Waals surface area contributed by atoms with Crippen molar-refractivity contribution in [2.75, 3.05) is 18.8 Å². The number of likely N-dealkylation sites (tertiary alicyclic amines) is 1. The van der Waals surface area contributed by atoms with E-state index in [2.05, 4.69) is 10.2 Å². The molecule has 116 valence electrons. The highest BCUT2D eigenvalue weighted by Crippen LogP contribution is 2.19. The first-order valence-electron chi connectivity index (χ1n) is 7.27. The number of piperidine rings is 1. The van der Waals surface area contributed by atoms with Crippen LogP contribution in [-0.4, -0.2) is 39.8 Å². The van der Waals surface area contributed by atoms with Crippen LogP contribution < -0.4 is 0 Å². The lowest BCUT2D eigenvalue weighted by Crippen LogP contribution is -2.36. The fraction of sp³-hybridized carbons (Fsp3) is 0.400. The Morgan fingerprint density at radius 1 is 1.32 bits per heavy atom. The van der Waals surface area contributed by atoms with Gasteiger partial charge in [0.1, 0.15) is 0 Å². The summed E-state index contributed by atoms with van der Waals surface area (Å²) in [7, 11) is 0. The van der Waals surface area contributed by atoms with E-state index >= 15 is 0 Å². The number of aromatic nitrogens is 2. The fourth-order valence-electron chi connectivity index (χ4n) is 2.24. The molecule has 0 radical (unpaired) electrons. The Balaban J connectivity index is 1.50. The maximum absolute atomic E-state index is 12.1. The second-order valence-electron chi connectivity index (χ2n) is 4.99. The number of carbonyl (C=O) groups excluding carboxylic acids is 1. The van der Waals surface area contributed by atoms with Gasteiger partial charge in [-0.2, -0.15) is 0 Å². The molecule has 3 rings (SSSR count). The fourth-order valence-corrected chi connectivity index (χ4v) is 3.53. The third kappa shape index (κ3) is 4.20. The topological polar surface area (TPSA) is 59.2 Å². The van der Waals surface area contributed by atoms with Crippen molar-refractivity contribution in [1.82, 2.24) is 15.1 Å². The van der Waals surface area contributed by atoms with Gasteiger partial charge in [-0.15, -0.1) is 21.5 Å². The van der Waals surface area contributed by atoms with Gasteiger partial charge in [0.2, 0.25) is 11.8 Å². The van der Waals surface area contributed by atoms with Crippen molar-refractivity contribution in [3.05, 3.63) is 28.3 Å². The lowest BCUT2D eigenvalue weighted by atomic mass is 10.1. The molecule has 1 amide bonds. The molecule has 0 spiro atoms. The third-order valence-electron chi connectivity index (χ3n) is 3.38. The molecule has 7 heteroatoms. The van der Waals surface area contributed by atoms with E-state index in [-0.39, 0.29) is 5.91 Å². The van der Waals surface area contributed by atoms with Gasteiger partial charge in [-0.1, -0.05) is 17.8 Å². The standard InChI is InChI=1S/C15H17N3O2S2/c19-14(18-8-2-1-3-9-18)11-22-15-17-16-13(20-15)7-6-12-5-4-10-21-12/h4-7,10H,1-3,8-9,11H2/b7-6+. The van der Waals surface area contributed by atoms with Gasteiger partial charge in [0.15, 0.2) is 0 Å². The lowest BCUT2D eigenvalue weighted by molar-refractivity contribution is -0.129. The number of thiophene rings is 1. The van der Waals surface area contributed by atoms with Crippen LogP contribution in [0.5, 0.6) is 0 Å². The average Bonchev–Trinajstić information content (AvgIpc) is 3.23. The number of amides is 1. The molecule has 5 nitrogen and oxygen atoms in total. The van der Waals surface area contributed by atoms with E-state index in [4.69, 9.17) is 4.42 Å². The van der Waals surface area contributed by atoms with E-state index in [0.717, 1.165) is 30.8 Å². The van der Waals surface area contributed by atoms with Crippen molar-refractivity contribution in [1.29, 1.82) is 0 Å². The Morgan fingerprint density at radius 3 is 2.95 bits per heavy atom. The summed E-state index contributed by atoms with van der Waals surface area (Å²) in [5, 5.41) is 10.4. The summed E-state index contributed by atoms with van der Waals surface area (Å²) < 4.78 is 5.51. The zero-order valence-corrected chi connectivity index (χ0v) is 13.7. The van der Waals surface area contributed by atoms with Crippen LogP contribution in [0, 0.1) is 0 Å². The van der Waals surface area contributed by atoms with Crippen molar-refractivity contribution >= 4 is 41.2 Å². The quantitative estimate of drug-likeness (QED) is 0.784. The van der Waals surface area contributed by atoms with Crippen molar-refractivity contribution in [3.8, 4) is 0 Å². The number of nitrogens with zero attached hydrogens (tertiary/aromatic N) is 3. The molecule has 3 heterocycles. The number of hydrogen-bond donors (Lipinski definition) is 0. The van der Waals surface area contributed by atoms with Crippen molar-refractivity contribution in [2.24, 2.45) is 0 Å². The van der Waals surface area contributed by atoms with Crippen molar-refractivity contribution in [2.45, 2.75) is 24.5 Å². The molecular weight excluding hydrogens is 318 g/mol. The molecule has 2 aromatic rings. The molecule has 0 unspecified atom stereocenters. The molecule has 1 fully saturated rings. The second-order valence-corrected chi connectivity index (χ2v) is 6.89. The second kappa shape index (κ2) is 7.60. The summed E-state index contributed by atoms with van der Waals surface area (Å²) in [6.07, 6.45) is 7.16. The van der Waals surface area contributed by atoms with Gasteiger partial charge in [0, 0.05) is 24.0 Å². The molecule has 1 aliphatic rings. The zero-order chi connectivity index (χ0) is 15.2. The van der Waals surface area contributed by atoms with E-state index in [0.29, 0.717) is 16.9 Å². The van der Waals surface area contributed by atoms with Crippen LogP contribution in [0.1, 0.15) is 30.0 Å². The van der Waals surface area contributed by atoms with E-state index < -0.39 is 0 Å². The molecule has 1 saturated heterocycles. The largest absolute Gasteiger partial charge is 0.412 e. The number of carbonyl (C=O) groups is 1. The minimum absolute atomic E-state index is 0.151. The van der Waals surface area contributed by atoms with Crippen LogP contribution in [-0.2, 0) is 4.79 Å². The molecular formula is C15H17N3O2S2. The Bertz CT molecular complexity index is 631. The van der Waals surface area contributed by atoms with Crippen LogP contribution >= 0.6 is 23.1 Å².